The number of benzene rings is 1. The summed E-state index contributed by atoms with van der Waals surface area (Å²) in [5.41, 5.74) is 1.29. The number of nitro benzene ring substituents is 1. The van der Waals surface area contributed by atoms with Crippen molar-refractivity contribution in [1.29, 1.82) is 0 Å². The topological polar surface area (TPSA) is 52.4 Å². The molecular formula is C13H16BrNO3. The van der Waals surface area contributed by atoms with Crippen molar-refractivity contribution in [2.75, 3.05) is 7.11 Å². The lowest BCUT2D eigenvalue weighted by Crippen LogP contribution is -2.15. The molecule has 0 aliphatic heterocycles. The molecule has 0 bridgehead atoms. The number of alkyl halides is 1. The van der Waals surface area contributed by atoms with Crippen molar-refractivity contribution < 1.29 is 9.66 Å². The zero-order valence-electron chi connectivity index (χ0n) is 10.5. The van der Waals surface area contributed by atoms with Crippen LogP contribution in [0.2, 0.25) is 0 Å². The monoisotopic (exact) mass is 313 g/mol. The summed E-state index contributed by atoms with van der Waals surface area (Å²) < 4.78 is 5.30. The Balaban J connectivity index is 2.30. The largest absolute Gasteiger partial charge is 0.496 e. The number of nitrogens with zero attached hydrogens (tertiary/aromatic N) is 1. The number of hydrogen-bond acceptors (Lipinski definition) is 3. The van der Waals surface area contributed by atoms with E-state index in [1.54, 1.807) is 19.2 Å². The standard InChI is InChI=1S/C13H16BrNO3/c1-9(14)13(5-6-13)8-10-7-11(15(16)17)3-4-12(10)18-2/h3-4,7,9H,5-6,8H2,1-2H3. The van der Waals surface area contributed by atoms with Crippen molar-refractivity contribution in [2.45, 2.75) is 31.0 Å². The molecule has 1 saturated carbocycles. The van der Waals surface area contributed by atoms with E-state index in [0.717, 1.165) is 30.6 Å². The van der Waals surface area contributed by atoms with Crippen molar-refractivity contribution in [3.05, 3.63) is 33.9 Å². The SMILES string of the molecule is COc1ccc([N+](=O)[O-])cc1CC1(C(C)Br)CC1. The molecule has 1 unspecified atom stereocenters. The predicted octanol–water partition coefficient (Wildman–Crippen LogP) is 3.71. The maximum Gasteiger partial charge on any atom is 0.269 e. The third-order valence-corrected chi connectivity index (χ3v) is 4.72. The van der Waals surface area contributed by atoms with Crippen LogP contribution in [0, 0.1) is 15.5 Å². The number of ether oxygens (including phenoxy) is 1. The molecule has 1 atom stereocenters. The van der Waals surface area contributed by atoms with Crippen LogP contribution in [-0.4, -0.2) is 16.9 Å². The second kappa shape index (κ2) is 4.88. The molecular weight excluding hydrogens is 298 g/mol. The lowest BCUT2D eigenvalue weighted by atomic mass is 9.93. The molecule has 5 heteroatoms. The first kappa shape index (κ1) is 13.3. The molecule has 1 fully saturated rings. The van der Waals surface area contributed by atoms with Gasteiger partial charge in [0.1, 0.15) is 5.75 Å². The molecule has 1 aliphatic carbocycles. The van der Waals surface area contributed by atoms with Crippen LogP contribution in [0.5, 0.6) is 5.75 Å². The van der Waals surface area contributed by atoms with Crippen LogP contribution in [0.1, 0.15) is 25.3 Å². The van der Waals surface area contributed by atoms with E-state index in [1.165, 1.54) is 6.07 Å². The van der Waals surface area contributed by atoms with Crippen LogP contribution in [0.25, 0.3) is 0 Å². The van der Waals surface area contributed by atoms with Gasteiger partial charge in [0.2, 0.25) is 0 Å². The smallest absolute Gasteiger partial charge is 0.269 e. The quantitative estimate of drug-likeness (QED) is 0.473. The van der Waals surface area contributed by atoms with Crippen LogP contribution < -0.4 is 4.74 Å². The van der Waals surface area contributed by atoms with E-state index in [1.807, 2.05) is 0 Å². The van der Waals surface area contributed by atoms with Gasteiger partial charge in [-0.05, 0) is 30.7 Å². The fourth-order valence-electron chi connectivity index (χ4n) is 2.27. The van der Waals surface area contributed by atoms with Crippen molar-refractivity contribution in [3.8, 4) is 5.75 Å². The summed E-state index contributed by atoms with van der Waals surface area (Å²) in [5, 5.41) is 10.8. The van der Waals surface area contributed by atoms with Gasteiger partial charge in [0.15, 0.2) is 0 Å². The van der Waals surface area contributed by atoms with E-state index >= 15 is 0 Å². The molecule has 0 aromatic heterocycles. The third-order valence-electron chi connectivity index (χ3n) is 3.75. The highest BCUT2D eigenvalue weighted by Gasteiger charge is 2.46. The van der Waals surface area contributed by atoms with E-state index in [2.05, 4.69) is 22.9 Å². The van der Waals surface area contributed by atoms with Crippen molar-refractivity contribution in [2.24, 2.45) is 5.41 Å². The highest BCUT2D eigenvalue weighted by atomic mass is 79.9. The van der Waals surface area contributed by atoms with E-state index in [-0.39, 0.29) is 16.0 Å². The Bertz CT molecular complexity index is 469. The summed E-state index contributed by atoms with van der Waals surface area (Å²) in [6, 6.07) is 4.80. The average Bonchev–Trinajstić information content (AvgIpc) is 3.10. The molecule has 4 nitrogen and oxygen atoms in total. The summed E-state index contributed by atoms with van der Waals surface area (Å²) in [6.45, 7) is 2.14. The van der Waals surface area contributed by atoms with Gasteiger partial charge in [-0.1, -0.05) is 22.9 Å². The zero-order chi connectivity index (χ0) is 13.3. The first-order valence-corrected chi connectivity index (χ1v) is 6.85. The van der Waals surface area contributed by atoms with Gasteiger partial charge >= 0.3 is 0 Å². The summed E-state index contributed by atoms with van der Waals surface area (Å²) >= 11 is 3.64. The number of hydrogen-bond donors (Lipinski definition) is 0. The molecule has 0 radical (unpaired) electrons. The second-order valence-electron chi connectivity index (χ2n) is 4.91. The van der Waals surface area contributed by atoms with Crippen molar-refractivity contribution in [1.82, 2.24) is 0 Å². The Kier molecular flexibility index (Phi) is 3.61. The van der Waals surface area contributed by atoms with Gasteiger partial charge in [0.05, 0.1) is 12.0 Å². The van der Waals surface area contributed by atoms with Gasteiger partial charge in [0, 0.05) is 22.5 Å². The molecule has 0 heterocycles. The van der Waals surface area contributed by atoms with Crippen LogP contribution in [0.15, 0.2) is 18.2 Å². The number of rotatable bonds is 5. The molecule has 0 amide bonds. The molecule has 0 saturated heterocycles. The number of non-ortho nitro benzene ring substituents is 1. The lowest BCUT2D eigenvalue weighted by molar-refractivity contribution is -0.384. The molecule has 2 rings (SSSR count). The summed E-state index contributed by atoms with van der Waals surface area (Å²) in [6.07, 6.45) is 3.14. The first-order valence-electron chi connectivity index (χ1n) is 5.94. The Hall–Kier alpha value is -1.10. The van der Waals surface area contributed by atoms with E-state index < -0.39 is 0 Å². The van der Waals surface area contributed by atoms with Crippen LogP contribution in [-0.2, 0) is 6.42 Å². The molecule has 1 aromatic rings. The Morgan fingerprint density at radius 1 is 1.56 bits per heavy atom. The molecule has 1 aromatic carbocycles. The predicted molar refractivity (Wildman–Crippen MR) is 73.4 cm³/mol. The maximum absolute atomic E-state index is 10.8. The van der Waals surface area contributed by atoms with Crippen molar-refractivity contribution >= 4 is 21.6 Å². The first-order chi connectivity index (χ1) is 8.48. The number of nitro groups is 1. The normalized spacial score (nSPS) is 18.2. The van der Waals surface area contributed by atoms with Gasteiger partial charge in [-0.15, -0.1) is 0 Å². The van der Waals surface area contributed by atoms with Crippen LogP contribution in [0.3, 0.4) is 0 Å². The lowest BCUT2D eigenvalue weighted by Gasteiger charge is -2.19. The molecule has 0 spiro atoms. The van der Waals surface area contributed by atoms with Crippen LogP contribution >= 0.6 is 15.9 Å². The van der Waals surface area contributed by atoms with Gasteiger partial charge in [0.25, 0.3) is 5.69 Å². The number of halogens is 1. The molecule has 98 valence electrons. The minimum absolute atomic E-state index is 0.129. The van der Waals surface area contributed by atoms with Gasteiger partial charge in [-0.2, -0.15) is 0 Å². The molecule has 0 N–H and O–H groups in total. The Labute approximate surface area is 115 Å². The minimum atomic E-state index is -0.361. The Morgan fingerprint density at radius 2 is 2.22 bits per heavy atom. The van der Waals surface area contributed by atoms with Crippen LogP contribution in [0.4, 0.5) is 5.69 Å². The van der Waals surface area contributed by atoms with Crippen molar-refractivity contribution in [3.63, 3.8) is 0 Å². The number of methoxy groups -OCH3 is 1. The minimum Gasteiger partial charge on any atom is -0.496 e. The summed E-state index contributed by atoms with van der Waals surface area (Å²) in [7, 11) is 1.60. The summed E-state index contributed by atoms with van der Waals surface area (Å²) in [4.78, 5) is 10.9. The van der Waals surface area contributed by atoms with E-state index in [0.29, 0.717) is 4.83 Å². The fourth-order valence-corrected chi connectivity index (χ4v) is 2.89. The van der Waals surface area contributed by atoms with Gasteiger partial charge in [-0.3, -0.25) is 10.1 Å². The van der Waals surface area contributed by atoms with Gasteiger partial charge in [-0.25, -0.2) is 0 Å². The fraction of sp³-hybridized carbons (Fsp3) is 0.538. The molecule has 18 heavy (non-hydrogen) atoms. The zero-order valence-corrected chi connectivity index (χ0v) is 12.1. The maximum atomic E-state index is 10.8. The van der Waals surface area contributed by atoms with Gasteiger partial charge < -0.3 is 4.74 Å². The van der Waals surface area contributed by atoms with E-state index in [4.69, 9.17) is 4.74 Å². The Morgan fingerprint density at radius 3 is 2.67 bits per heavy atom. The third kappa shape index (κ3) is 2.51. The average molecular weight is 314 g/mol. The highest BCUT2D eigenvalue weighted by molar-refractivity contribution is 9.09. The second-order valence-corrected chi connectivity index (χ2v) is 6.28. The highest BCUT2D eigenvalue weighted by Crippen LogP contribution is 2.54. The summed E-state index contributed by atoms with van der Waals surface area (Å²) in [5.74, 6) is 0.736. The van der Waals surface area contributed by atoms with E-state index in [9.17, 15) is 10.1 Å². The molecule has 1 aliphatic rings.